The van der Waals surface area contributed by atoms with Gasteiger partial charge in [-0.05, 0) is 36.4 Å². The van der Waals surface area contributed by atoms with Gasteiger partial charge in [0.15, 0.2) is 0 Å². The fraction of sp³-hybridized carbons (Fsp3) is 0.261. The second-order valence-corrected chi connectivity index (χ2v) is 7.60. The Morgan fingerprint density at radius 3 is 2.62 bits per heavy atom. The van der Waals surface area contributed by atoms with E-state index < -0.39 is 17.6 Å². The van der Waals surface area contributed by atoms with E-state index in [1.807, 2.05) is 14.1 Å². The second kappa shape index (κ2) is 10.3. The molecule has 0 aliphatic carbocycles. The van der Waals surface area contributed by atoms with Crippen LogP contribution < -0.4 is 10.5 Å². The van der Waals surface area contributed by atoms with E-state index in [9.17, 15) is 18.0 Å². The van der Waals surface area contributed by atoms with Crippen LogP contribution in [0.4, 0.5) is 18.9 Å². The summed E-state index contributed by atoms with van der Waals surface area (Å²) in [6.45, 7) is 0.0167. The highest BCUT2D eigenvalue weighted by molar-refractivity contribution is 6.07. The van der Waals surface area contributed by atoms with Crippen LogP contribution in [-0.2, 0) is 17.6 Å². The number of hydrogen-bond acceptors (Lipinski definition) is 5. The van der Waals surface area contributed by atoms with Gasteiger partial charge in [-0.25, -0.2) is 4.99 Å². The number of rotatable bonds is 9. The minimum atomic E-state index is -4.48. The smallest absolute Gasteiger partial charge is 0.416 e. The van der Waals surface area contributed by atoms with Gasteiger partial charge in [-0.1, -0.05) is 11.2 Å². The third-order valence-electron chi connectivity index (χ3n) is 4.71. The predicted octanol–water partition coefficient (Wildman–Crippen LogP) is 4.06. The van der Waals surface area contributed by atoms with Crippen LogP contribution in [0.15, 0.2) is 58.8 Å². The standard InChI is InChI=1S/C23H24F3N5O3/c1-30(2)14-28-16-7-8-21-19(10-16)20(22(27)32)12-31(21)11-17(29-33-3)13-34-18-6-4-5-15(9-18)23(24,25)26/h4-10,12,14H,11,13H2,1-3H3,(H2,27,32)/b28-14?,29-17-. The monoisotopic (exact) mass is 475 g/mol. The SMILES string of the molecule is CO/N=C(\COc1cccc(C(F)(F)F)c1)Cn1cc(C(N)=O)c2cc(N=CN(C)C)ccc21. The zero-order valence-electron chi connectivity index (χ0n) is 18.8. The first-order valence-electron chi connectivity index (χ1n) is 10.1. The number of benzene rings is 2. The molecule has 0 saturated carbocycles. The third kappa shape index (κ3) is 6.06. The molecule has 0 aliphatic rings. The number of amides is 1. The van der Waals surface area contributed by atoms with Crippen molar-refractivity contribution in [2.24, 2.45) is 15.9 Å². The molecule has 0 radical (unpaired) electrons. The van der Waals surface area contributed by atoms with E-state index in [0.717, 1.165) is 12.1 Å². The molecule has 11 heteroatoms. The maximum Gasteiger partial charge on any atom is 0.416 e. The van der Waals surface area contributed by atoms with Crippen LogP contribution >= 0.6 is 0 Å². The fourth-order valence-electron chi connectivity index (χ4n) is 3.23. The Morgan fingerprint density at radius 1 is 1.21 bits per heavy atom. The minimum Gasteiger partial charge on any atom is -0.487 e. The molecule has 0 fully saturated rings. The van der Waals surface area contributed by atoms with E-state index in [4.69, 9.17) is 15.3 Å². The average Bonchev–Trinajstić information content (AvgIpc) is 3.14. The number of nitrogens with zero attached hydrogens (tertiary/aromatic N) is 4. The molecule has 0 atom stereocenters. The molecule has 34 heavy (non-hydrogen) atoms. The maximum absolute atomic E-state index is 13.0. The lowest BCUT2D eigenvalue weighted by atomic mass is 10.1. The first-order chi connectivity index (χ1) is 16.1. The van der Waals surface area contributed by atoms with Crippen molar-refractivity contribution in [3.05, 3.63) is 59.8 Å². The average molecular weight is 475 g/mol. The van der Waals surface area contributed by atoms with Crippen molar-refractivity contribution in [3.63, 3.8) is 0 Å². The van der Waals surface area contributed by atoms with Crippen LogP contribution in [0.1, 0.15) is 15.9 Å². The van der Waals surface area contributed by atoms with E-state index in [2.05, 4.69) is 10.1 Å². The third-order valence-corrected chi connectivity index (χ3v) is 4.71. The molecule has 180 valence electrons. The second-order valence-electron chi connectivity index (χ2n) is 7.60. The zero-order valence-corrected chi connectivity index (χ0v) is 18.8. The molecule has 8 nitrogen and oxygen atoms in total. The highest BCUT2D eigenvalue weighted by Gasteiger charge is 2.30. The summed E-state index contributed by atoms with van der Waals surface area (Å²) < 4.78 is 46.1. The number of aliphatic imine (C=N–C) groups is 1. The molecule has 0 spiro atoms. The number of aromatic nitrogens is 1. The number of fused-ring (bicyclic) bond motifs is 1. The van der Waals surface area contributed by atoms with Crippen molar-refractivity contribution in [2.75, 3.05) is 27.8 Å². The van der Waals surface area contributed by atoms with Crippen molar-refractivity contribution in [3.8, 4) is 5.75 Å². The van der Waals surface area contributed by atoms with E-state index in [-0.39, 0.29) is 18.9 Å². The number of halogens is 3. The van der Waals surface area contributed by atoms with Crippen LogP contribution in [0, 0.1) is 0 Å². The molecular weight excluding hydrogens is 451 g/mol. The Morgan fingerprint density at radius 2 is 1.97 bits per heavy atom. The number of carbonyl (C=O) groups excluding carboxylic acids is 1. The predicted molar refractivity (Wildman–Crippen MR) is 124 cm³/mol. The number of oxime groups is 1. The molecule has 2 aromatic carbocycles. The van der Waals surface area contributed by atoms with Gasteiger partial charge in [0.05, 0.1) is 29.7 Å². The van der Waals surface area contributed by atoms with E-state index in [1.54, 1.807) is 40.2 Å². The summed E-state index contributed by atoms with van der Waals surface area (Å²) in [5.41, 5.74) is 6.76. The van der Waals surface area contributed by atoms with Gasteiger partial charge < -0.3 is 24.8 Å². The largest absolute Gasteiger partial charge is 0.487 e. The number of nitrogens with two attached hydrogens (primary N) is 1. The van der Waals surface area contributed by atoms with Gasteiger partial charge in [-0.2, -0.15) is 13.2 Å². The number of primary amides is 1. The summed E-state index contributed by atoms with van der Waals surface area (Å²) in [5.74, 6) is -0.569. The molecule has 1 aromatic heterocycles. The maximum atomic E-state index is 13.0. The summed E-state index contributed by atoms with van der Waals surface area (Å²) in [6, 6.07) is 9.89. The molecule has 0 bridgehead atoms. The summed E-state index contributed by atoms with van der Waals surface area (Å²) in [5, 5.41) is 4.54. The van der Waals surface area contributed by atoms with Gasteiger partial charge in [0.2, 0.25) is 0 Å². The van der Waals surface area contributed by atoms with Crippen molar-refractivity contribution in [1.29, 1.82) is 0 Å². The summed E-state index contributed by atoms with van der Waals surface area (Å²) in [6.07, 6.45) is -1.26. The quantitative estimate of drug-likeness (QED) is 0.287. The highest BCUT2D eigenvalue weighted by Crippen LogP contribution is 2.31. The van der Waals surface area contributed by atoms with Crippen LogP contribution in [-0.4, -0.2) is 55.2 Å². The number of ether oxygens (including phenoxy) is 1. The van der Waals surface area contributed by atoms with Crippen molar-refractivity contribution in [2.45, 2.75) is 12.7 Å². The summed E-state index contributed by atoms with van der Waals surface area (Å²) in [7, 11) is 5.03. The molecule has 3 aromatic rings. The number of hydrogen-bond donors (Lipinski definition) is 1. The van der Waals surface area contributed by atoms with E-state index in [1.165, 1.54) is 19.2 Å². The Hall–Kier alpha value is -4.02. The molecule has 2 N–H and O–H groups in total. The molecule has 0 saturated heterocycles. The number of alkyl halides is 3. The lowest BCUT2D eigenvalue weighted by Crippen LogP contribution is -2.19. The number of carbonyl (C=O) groups is 1. The fourth-order valence-corrected chi connectivity index (χ4v) is 3.23. The summed E-state index contributed by atoms with van der Waals surface area (Å²) >= 11 is 0. The first kappa shape index (κ1) is 24.6. The molecular formula is C23H24F3N5O3. The normalized spacial score (nSPS) is 12.4. The minimum absolute atomic E-state index is 0.0391. The lowest BCUT2D eigenvalue weighted by Gasteiger charge is -2.12. The molecule has 3 rings (SSSR count). The Labute approximate surface area is 194 Å². The molecule has 1 amide bonds. The van der Waals surface area contributed by atoms with Gasteiger partial charge in [0.1, 0.15) is 25.2 Å². The highest BCUT2D eigenvalue weighted by atomic mass is 19.4. The van der Waals surface area contributed by atoms with Gasteiger partial charge in [0, 0.05) is 31.2 Å². The topological polar surface area (TPSA) is 94.4 Å². The first-order valence-corrected chi connectivity index (χ1v) is 10.1. The van der Waals surface area contributed by atoms with Gasteiger partial charge in [-0.3, -0.25) is 4.79 Å². The molecule has 1 heterocycles. The zero-order chi connectivity index (χ0) is 24.9. The van der Waals surface area contributed by atoms with Crippen molar-refractivity contribution < 1.29 is 27.5 Å². The van der Waals surface area contributed by atoms with Gasteiger partial charge >= 0.3 is 6.18 Å². The van der Waals surface area contributed by atoms with Crippen LogP contribution in [0.5, 0.6) is 5.75 Å². The van der Waals surface area contributed by atoms with Gasteiger partial charge in [0.25, 0.3) is 5.91 Å². The Balaban J connectivity index is 1.86. The molecule has 0 unspecified atom stereocenters. The van der Waals surface area contributed by atoms with E-state index >= 15 is 0 Å². The van der Waals surface area contributed by atoms with Crippen LogP contribution in [0.25, 0.3) is 10.9 Å². The lowest BCUT2D eigenvalue weighted by molar-refractivity contribution is -0.137. The van der Waals surface area contributed by atoms with Crippen LogP contribution in [0.2, 0.25) is 0 Å². The van der Waals surface area contributed by atoms with E-state index in [0.29, 0.717) is 27.9 Å². The Bertz CT molecular complexity index is 1230. The van der Waals surface area contributed by atoms with Crippen molar-refractivity contribution >= 4 is 34.5 Å². The molecule has 0 aliphatic heterocycles. The Kier molecular flexibility index (Phi) is 7.44. The van der Waals surface area contributed by atoms with Crippen LogP contribution in [0.3, 0.4) is 0 Å². The van der Waals surface area contributed by atoms with Crippen molar-refractivity contribution in [1.82, 2.24) is 9.47 Å². The summed E-state index contributed by atoms with van der Waals surface area (Å²) in [4.78, 5) is 23.0. The van der Waals surface area contributed by atoms with Gasteiger partial charge in [-0.15, -0.1) is 0 Å².